The number of aromatic nitrogens is 1. The van der Waals surface area contributed by atoms with Crippen LogP contribution in [0.5, 0.6) is 0 Å². The average Bonchev–Trinajstić information content (AvgIpc) is 2.61. The fraction of sp³-hybridized carbons (Fsp3) is 0.500. The lowest BCUT2D eigenvalue weighted by Gasteiger charge is -2.24. The van der Waals surface area contributed by atoms with Gasteiger partial charge in [0.05, 0.1) is 22.5 Å². The van der Waals surface area contributed by atoms with E-state index in [0.717, 1.165) is 6.07 Å². The Morgan fingerprint density at radius 3 is 2.55 bits per heavy atom. The van der Waals surface area contributed by atoms with Crippen LogP contribution in [-0.2, 0) is 16.0 Å². The molecule has 1 heterocycles. The summed E-state index contributed by atoms with van der Waals surface area (Å²) in [5, 5.41) is 3.10. The van der Waals surface area contributed by atoms with Gasteiger partial charge in [0.15, 0.2) is 0 Å². The molecule has 0 fully saturated rings. The van der Waals surface area contributed by atoms with Crippen LogP contribution in [0, 0.1) is 5.82 Å². The van der Waals surface area contributed by atoms with E-state index in [1.807, 2.05) is 0 Å². The number of alkyl halides is 3. The quantitative estimate of drug-likeness (QED) is 0.525. The van der Waals surface area contributed by atoms with Gasteiger partial charge < -0.3 is 14.6 Å². The molecular weight excluding hydrogens is 488 g/mol. The van der Waals surface area contributed by atoms with E-state index < -0.39 is 42.1 Å². The molecule has 0 aliphatic rings. The molecule has 0 aliphatic carbocycles. The highest BCUT2D eigenvalue weighted by Gasteiger charge is 2.31. The number of nitrogens with one attached hydrogen (secondary N) is 1. The van der Waals surface area contributed by atoms with E-state index in [4.69, 9.17) is 4.74 Å². The van der Waals surface area contributed by atoms with Crippen LogP contribution in [0.1, 0.15) is 33.6 Å². The molecule has 1 unspecified atom stereocenters. The first kappa shape index (κ1) is 25.1. The van der Waals surface area contributed by atoms with Crippen LogP contribution in [0.4, 0.5) is 22.4 Å². The summed E-state index contributed by atoms with van der Waals surface area (Å²) in [4.78, 5) is 24.5. The van der Waals surface area contributed by atoms with Gasteiger partial charge >= 0.3 is 12.5 Å². The summed E-state index contributed by atoms with van der Waals surface area (Å²) in [5.74, 6) is -0.576. The maximum Gasteiger partial charge on any atom is 0.522 e. The smallest absolute Gasteiger partial charge is 0.444 e. The highest BCUT2D eigenvalue weighted by Crippen LogP contribution is 2.21. The number of nitrogens with zero attached hydrogens (tertiary/aromatic N) is 1. The number of benzene rings is 1. The zero-order valence-electron chi connectivity index (χ0n) is 17.2. The first-order chi connectivity index (χ1) is 14.2. The van der Waals surface area contributed by atoms with E-state index in [-0.39, 0.29) is 29.2 Å². The molecule has 1 amide bonds. The van der Waals surface area contributed by atoms with Crippen LogP contribution >= 0.6 is 15.9 Å². The van der Waals surface area contributed by atoms with E-state index in [2.05, 4.69) is 26.0 Å². The van der Waals surface area contributed by atoms with Gasteiger partial charge in [0.2, 0.25) is 0 Å². The molecule has 0 spiro atoms. The van der Waals surface area contributed by atoms with Gasteiger partial charge in [-0.15, -0.1) is 13.2 Å². The molecule has 31 heavy (non-hydrogen) atoms. The fourth-order valence-electron chi connectivity index (χ4n) is 2.83. The second-order valence-corrected chi connectivity index (χ2v) is 8.76. The number of pyridine rings is 1. The minimum Gasteiger partial charge on any atom is -0.444 e. The molecule has 2 aromatic rings. The molecule has 1 aromatic heterocycles. The summed E-state index contributed by atoms with van der Waals surface area (Å²) in [7, 11) is 0. The first-order valence-corrected chi connectivity index (χ1v) is 10.2. The van der Waals surface area contributed by atoms with E-state index >= 15 is 0 Å². The van der Waals surface area contributed by atoms with E-state index in [0.29, 0.717) is 5.39 Å². The van der Waals surface area contributed by atoms with Gasteiger partial charge in [-0.2, -0.15) is 0 Å². The van der Waals surface area contributed by atoms with Crippen molar-refractivity contribution >= 4 is 32.8 Å². The monoisotopic (exact) mass is 510 g/mol. The molecule has 0 radical (unpaired) electrons. The molecule has 1 aromatic carbocycles. The van der Waals surface area contributed by atoms with Crippen LogP contribution in [-0.4, -0.2) is 35.3 Å². The van der Waals surface area contributed by atoms with Crippen molar-refractivity contribution < 1.29 is 31.8 Å². The number of carbonyl (C=O) groups excluding carboxylic acids is 1. The molecule has 172 valence electrons. The number of amides is 1. The van der Waals surface area contributed by atoms with Crippen LogP contribution < -0.4 is 10.9 Å². The van der Waals surface area contributed by atoms with E-state index in [9.17, 15) is 27.2 Å². The number of carbonyl (C=O) groups is 1. The third-order valence-corrected chi connectivity index (χ3v) is 4.75. The number of fused-ring (bicyclic) bond motifs is 1. The second-order valence-electron chi connectivity index (χ2n) is 7.91. The van der Waals surface area contributed by atoms with Crippen molar-refractivity contribution in [3.8, 4) is 0 Å². The molecule has 1 N–H and O–H groups in total. The van der Waals surface area contributed by atoms with Gasteiger partial charge in [0.25, 0.3) is 5.56 Å². The van der Waals surface area contributed by atoms with Gasteiger partial charge in [-0.25, -0.2) is 9.18 Å². The maximum absolute atomic E-state index is 13.8. The SMILES string of the molecule is CC(C)(C)OC(=O)NC(CCCn1ccc2cc(Br)c(F)cc2c1=O)COC(F)(F)F. The summed E-state index contributed by atoms with van der Waals surface area (Å²) < 4.78 is 61.6. The van der Waals surface area contributed by atoms with Gasteiger partial charge in [-0.3, -0.25) is 9.53 Å². The van der Waals surface area contributed by atoms with Crippen LogP contribution in [0.2, 0.25) is 0 Å². The maximum atomic E-state index is 13.8. The Morgan fingerprint density at radius 1 is 1.26 bits per heavy atom. The molecule has 0 saturated carbocycles. The Labute approximate surface area is 184 Å². The summed E-state index contributed by atoms with van der Waals surface area (Å²) in [6.45, 7) is 4.24. The minimum absolute atomic E-state index is 0.0918. The molecular formula is C20H23BrF4N2O4. The largest absolute Gasteiger partial charge is 0.522 e. The van der Waals surface area contributed by atoms with E-state index in [1.54, 1.807) is 26.8 Å². The van der Waals surface area contributed by atoms with Crippen LogP contribution in [0.3, 0.4) is 0 Å². The zero-order valence-corrected chi connectivity index (χ0v) is 18.8. The van der Waals surface area contributed by atoms with Gasteiger partial charge in [-0.05, 0) is 73.1 Å². The van der Waals surface area contributed by atoms with Crippen molar-refractivity contribution in [3.63, 3.8) is 0 Å². The Kier molecular flexibility index (Phi) is 8.09. The lowest BCUT2D eigenvalue weighted by molar-refractivity contribution is -0.326. The number of rotatable bonds is 7. The van der Waals surface area contributed by atoms with Crippen LogP contribution in [0.25, 0.3) is 10.8 Å². The summed E-state index contributed by atoms with van der Waals surface area (Å²) in [5.41, 5.74) is -1.24. The Morgan fingerprint density at radius 2 is 1.94 bits per heavy atom. The predicted molar refractivity (Wildman–Crippen MR) is 110 cm³/mol. The van der Waals surface area contributed by atoms with Gasteiger partial charge in [-0.1, -0.05) is 0 Å². The average molecular weight is 511 g/mol. The Hall–Kier alpha value is -2.14. The summed E-state index contributed by atoms with van der Waals surface area (Å²) in [6, 6.07) is 3.28. The predicted octanol–water partition coefficient (Wildman–Crippen LogP) is 5.11. The van der Waals surface area contributed by atoms with Crippen molar-refractivity contribution in [3.05, 3.63) is 45.0 Å². The van der Waals surface area contributed by atoms with Crippen LogP contribution in [0.15, 0.2) is 33.7 Å². The first-order valence-electron chi connectivity index (χ1n) is 9.43. The molecule has 1 atom stereocenters. The fourth-order valence-corrected chi connectivity index (χ4v) is 3.19. The Bertz CT molecular complexity index is 986. The number of aryl methyl sites for hydroxylation is 1. The number of hydrogen-bond donors (Lipinski definition) is 1. The number of hydrogen-bond acceptors (Lipinski definition) is 4. The molecule has 11 heteroatoms. The normalized spacial score (nSPS) is 13.3. The second kappa shape index (κ2) is 9.99. The highest BCUT2D eigenvalue weighted by molar-refractivity contribution is 9.10. The van der Waals surface area contributed by atoms with Gasteiger partial charge in [0.1, 0.15) is 11.4 Å². The van der Waals surface area contributed by atoms with Crippen molar-refractivity contribution in [2.45, 2.75) is 58.2 Å². The Balaban J connectivity index is 2.06. The van der Waals surface area contributed by atoms with Gasteiger partial charge in [0, 0.05) is 12.7 Å². The van der Waals surface area contributed by atoms with Crippen molar-refractivity contribution in [1.29, 1.82) is 0 Å². The lowest BCUT2D eigenvalue weighted by Crippen LogP contribution is -2.42. The standard InChI is InChI=1S/C20H23BrF4N2O4/c1-19(2,3)31-18(29)26-13(11-30-20(23,24)25)5-4-7-27-8-6-12-9-15(21)16(22)10-14(12)17(27)28/h6,8-10,13H,4-5,7,11H2,1-3H3,(H,26,29). The van der Waals surface area contributed by atoms with Crippen molar-refractivity contribution in [2.24, 2.45) is 0 Å². The number of halogens is 5. The zero-order chi connectivity index (χ0) is 23.4. The lowest BCUT2D eigenvalue weighted by atomic mass is 10.1. The van der Waals surface area contributed by atoms with Crippen molar-refractivity contribution in [1.82, 2.24) is 9.88 Å². The third-order valence-electron chi connectivity index (χ3n) is 4.14. The third kappa shape index (κ3) is 8.13. The topological polar surface area (TPSA) is 69.6 Å². The number of alkyl carbamates (subject to hydrolysis) is 1. The molecule has 6 nitrogen and oxygen atoms in total. The molecule has 0 bridgehead atoms. The van der Waals surface area contributed by atoms with Crippen molar-refractivity contribution in [2.75, 3.05) is 6.61 Å². The molecule has 2 rings (SSSR count). The highest BCUT2D eigenvalue weighted by atomic mass is 79.9. The molecule has 0 aliphatic heterocycles. The summed E-state index contributed by atoms with van der Waals surface area (Å²) >= 11 is 3.06. The van der Waals surface area contributed by atoms with E-state index in [1.165, 1.54) is 16.8 Å². The number of ether oxygens (including phenoxy) is 2. The summed E-state index contributed by atoms with van der Waals surface area (Å²) in [6.07, 6.45) is -3.84. The minimum atomic E-state index is -4.85. The molecule has 0 saturated heterocycles.